The van der Waals surface area contributed by atoms with Gasteiger partial charge in [0.15, 0.2) is 24.8 Å². The molecule has 2 unspecified atom stereocenters. The molecule has 2 heterocycles. The first-order valence-electron chi connectivity index (χ1n) is 17.4. The molecule has 2 rings (SSSR count). The summed E-state index contributed by atoms with van der Waals surface area (Å²) in [5.74, 6) is 0. The van der Waals surface area contributed by atoms with Crippen molar-refractivity contribution < 1.29 is 9.13 Å². The van der Waals surface area contributed by atoms with E-state index in [1.54, 1.807) is 0 Å². The summed E-state index contributed by atoms with van der Waals surface area (Å²) < 4.78 is 4.59. The summed E-state index contributed by atoms with van der Waals surface area (Å²) in [4.78, 5) is 0.784. The molecule has 0 saturated carbocycles. The molecule has 0 saturated heterocycles. The van der Waals surface area contributed by atoms with Gasteiger partial charge in [-0.05, 0) is 57.5 Å². The first kappa shape index (κ1) is 37.0. The summed E-state index contributed by atoms with van der Waals surface area (Å²) in [6.07, 6.45) is 35.2. The molecular weight excluding hydrogens is 648 g/mol. The van der Waals surface area contributed by atoms with Crippen LogP contribution in [0.4, 0.5) is 11.4 Å². The summed E-state index contributed by atoms with van der Waals surface area (Å²) in [6, 6.07) is 8.84. The van der Waals surface area contributed by atoms with E-state index in [2.05, 4.69) is 115 Å². The molecule has 4 nitrogen and oxygen atoms in total. The molecule has 42 heavy (non-hydrogen) atoms. The van der Waals surface area contributed by atoms with Gasteiger partial charge in [-0.1, -0.05) is 104 Å². The lowest BCUT2D eigenvalue weighted by molar-refractivity contribution is -0.698. The second-order valence-corrected chi connectivity index (χ2v) is 14.1. The summed E-state index contributed by atoms with van der Waals surface area (Å²) in [5.41, 5.74) is 2.47. The minimum atomic E-state index is 0.392. The molecule has 0 aliphatic rings. The number of unbranched alkanes of at least 4 members (excludes halogenated alkanes) is 15. The maximum absolute atomic E-state index is 3.89. The highest BCUT2D eigenvalue weighted by Gasteiger charge is 2.14. The van der Waals surface area contributed by atoms with Gasteiger partial charge in [0.05, 0.1) is 0 Å². The van der Waals surface area contributed by atoms with Crippen LogP contribution in [0.2, 0.25) is 0 Å². The van der Waals surface area contributed by atoms with E-state index >= 15 is 0 Å². The Hall–Kier alpha value is -1.14. The molecule has 2 atom stereocenters. The van der Waals surface area contributed by atoms with E-state index in [0.29, 0.717) is 9.90 Å². The summed E-state index contributed by atoms with van der Waals surface area (Å²) in [5, 5.41) is 7.13. The van der Waals surface area contributed by atoms with Gasteiger partial charge in [-0.3, -0.25) is 0 Å². The number of rotatable bonds is 27. The van der Waals surface area contributed by atoms with E-state index in [4.69, 9.17) is 0 Å². The van der Waals surface area contributed by atoms with E-state index in [1.807, 2.05) is 0 Å². The predicted octanol–water partition coefficient (Wildman–Crippen LogP) is 11.4. The predicted molar refractivity (Wildman–Crippen MR) is 190 cm³/mol. The van der Waals surface area contributed by atoms with Crippen LogP contribution in [0.1, 0.15) is 152 Å². The lowest BCUT2D eigenvalue weighted by atomic mass is 10.1. The average Bonchev–Trinajstić information content (AvgIpc) is 3.02. The van der Waals surface area contributed by atoms with Gasteiger partial charge in [0, 0.05) is 61.6 Å². The normalized spacial score (nSPS) is 12.8. The molecule has 0 bridgehead atoms. The van der Waals surface area contributed by atoms with Crippen molar-refractivity contribution in [1.82, 2.24) is 0 Å². The highest BCUT2D eigenvalue weighted by molar-refractivity contribution is 9.09. The van der Waals surface area contributed by atoms with E-state index < -0.39 is 0 Å². The average molecular weight is 711 g/mol. The first-order chi connectivity index (χ1) is 20.6. The second kappa shape index (κ2) is 25.2. The number of aromatic nitrogens is 2. The van der Waals surface area contributed by atoms with Gasteiger partial charge in [-0.25, -0.2) is 0 Å². The standard InChI is InChI=1S/C36H60Br2N4/c1-3-5-7-15-19-27-39-33-23-29-41(30-24-33)35(37)21-17-13-11-9-10-12-14-18-22-36(38)42-31-25-34(26-32-42)40-28-20-16-8-6-4-2/h23-26,29-32,35-36H,3-22,27-28H2,1-2H3/p+2. The Morgan fingerprint density at radius 2 is 0.786 bits per heavy atom. The van der Waals surface area contributed by atoms with Crippen LogP contribution < -0.4 is 19.8 Å². The van der Waals surface area contributed by atoms with Gasteiger partial charge in [0.1, 0.15) is 0 Å². The quantitative estimate of drug-likeness (QED) is 0.0550. The largest absolute Gasteiger partial charge is 0.385 e. The molecule has 2 aromatic heterocycles. The molecule has 0 spiro atoms. The lowest BCUT2D eigenvalue weighted by Crippen LogP contribution is -2.35. The Labute approximate surface area is 276 Å². The Bertz CT molecular complexity index is 801. The van der Waals surface area contributed by atoms with Gasteiger partial charge < -0.3 is 10.6 Å². The maximum Gasteiger partial charge on any atom is 0.211 e. The van der Waals surface area contributed by atoms with E-state index in [-0.39, 0.29) is 0 Å². The van der Waals surface area contributed by atoms with E-state index in [0.717, 1.165) is 13.1 Å². The van der Waals surface area contributed by atoms with Crippen LogP contribution in [-0.4, -0.2) is 13.1 Å². The van der Waals surface area contributed by atoms with Crippen molar-refractivity contribution in [3.8, 4) is 0 Å². The molecule has 0 fully saturated rings. The number of hydrogen-bond donors (Lipinski definition) is 2. The molecular formula is C36H62Br2N4+2. The highest BCUT2D eigenvalue weighted by atomic mass is 79.9. The van der Waals surface area contributed by atoms with Crippen molar-refractivity contribution in [2.45, 2.75) is 152 Å². The SMILES string of the molecule is CCCCCCCNc1cc[n+](C(Br)CCCCCCCCCCC(Br)[n+]2ccc(NCCCCCCC)cc2)cc1. The zero-order valence-electron chi connectivity index (χ0n) is 27.0. The van der Waals surface area contributed by atoms with Gasteiger partial charge in [0.2, 0.25) is 9.90 Å². The minimum absolute atomic E-state index is 0.392. The number of anilines is 2. The van der Waals surface area contributed by atoms with Crippen LogP contribution in [-0.2, 0) is 0 Å². The van der Waals surface area contributed by atoms with E-state index in [1.165, 1.54) is 140 Å². The highest BCUT2D eigenvalue weighted by Crippen LogP contribution is 2.20. The fraction of sp³-hybridized carbons (Fsp3) is 0.722. The van der Waals surface area contributed by atoms with Crippen molar-refractivity contribution in [3.63, 3.8) is 0 Å². The van der Waals surface area contributed by atoms with Crippen LogP contribution in [0, 0.1) is 0 Å². The van der Waals surface area contributed by atoms with Crippen molar-refractivity contribution in [2.24, 2.45) is 0 Å². The number of halogens is 2. The molecule has 2 aromatic rings. The number of nitrogens with one attached hydrogen (secondary N) is 2. The number of nitrogens with zero attached hydrogens (tertiary/aromatic N) is 2. The maximum atomic E-state index is 3.89. The summed E-state index contributed by atoms with van der Waals surface area (Å²) in [6.45, 7) is 6.70. The number of hydrogen-bond acceptors (Lipinski definition) is 2. The van der Waals surface area contributed by atoms with Crippen molar-refractivity contribution in [3.05, 3.63) is 49.1 Å². The molecule has 0 radical (unpaired) electrons. The van der Waals surface area contributed by atoms with Crippen molar-refractivity contribution >= 4 is 43.2 Å². The smallest absolute Gasteiger partial charge is 0.211 e. The van der Waals surface area contributed by atoms with E-state index in [9.17, 15) is 0 Å². The van der Waals surface area contributed by atoms with Gasteiger partial charge in [0.25, 0.3) is 0 Å². The van der Waals surface area contributed by atoms with Crippen LogP contribution in [0.3, 0.4) is 0 Å². The van der Waals surface area contributed by atoms with Crippen LogP contribution >= 0.6 is 31.9 Å². The van der Waals surface area contributed by atoms with Gasteiger partial charge >= 0.3 is 0 Å². The van der Waals surface area contributed by atoms with Gasteiger partial charge in [-0.15, -0.1) is 0 Å². The molecule has 0 aliphatic carbocycles. The first-order valence-corrected chi connectivity index (χ1v) is 19.2. The van der Waals surface area contributed by atoms with Crippen molar-refractivity contribution in [1.29, 1.82) is 0 Å². The summed E-state index contributed by atoms with van der Waals surface area (Å²) >= 11 is 7.79. The zero-order chi connectivity index (χ0) is 30.1. The minimum Gasteiger partial charge on any atom is -0.385 e. The summed E-state index contributed by atoms with van der Waals surface area (Å²) in [7, 11) is 0. The Morgan fingerprint density at radius 3 is 1.14 bits per heavy atom. The number of pyridine rings is 2. The third-order valence-electron chi connectivity index (χ3n) is 8.21. The third-order valence-corrected chi connectivity index (χ3v) is 10.1. The fourth-order valence-electron chi connectivity index (χ4n) is 5.39. The molecule has 0 aromatic carbocycles. The van der Waals surface area contributed by atoms with Crippen LogP contribution in [0.5, 0.6) is 0 Å². The number of alkyl halides is 2. The Balaban J connectivity index is 1.43. The Kier molecular flexibility index (Phi) is 22.2. The van der Waals surface area contributed by atoms with Crippen molar-refractivity contribution in [2.75, 3.05) is 23.7 Å². The van der Waals surface area contributed by atoms with Crippen LogP contribution in [0.15, 0.2) is 49.1 Å². The third kappa shape index (κ3) is 17.9. The van der Waals surface area contributed by atoms with Gasteiger partial charge in [-0.2, -0.15) is 9.13 Å². The molecule has 0 amide bonds. The molecule has 2 N–H and O–H groups in total. The molecule has 238 valence electrons. The second-order valence-electron chi connectivity index (χ2n) is 12.0. The Morgan fingerprint density at radius 1 is 0.476 bits per heavy atom. The monoisotopic (exact) mass is 708 g/mol. The zero-order valence-corrected chi connectivity index (χ0v) is 30.2. The van der Waals surface area contributed by atoms with Crippen LogP contribution in [0.25, 0.3) is 0 Å². The lowest BCUT2D eigenvalue weighted by Gasteiger charge is -2.09. The topological polar surface area (TPSA) is 31.8 Å². The fourth-order valence-corrected chi connectivity index (χ4v) is 6.59. The molecule has 6 heteroatoms. The molecule has 0 aliphatic heterocycles.